The van der Waals surface area contributed by atoms with Crippen molar-refractivity contribution < 1.29 is 19.1 Å². The number of halogens is 1. The number of fused-ring (bicyclic) bond motifs is 1. The van der Waals surface area contributed by atoms with Crippen molar-refractivity contribution in [3.05, 3.63) is 28.2 Å². The number of para-hydroxylation sites is 1. The van der Waals surface area contributed by atoms with Crippen LogP contribution < -0.4 is 4.90 Å². The lowest BCUT2D eigenvalue weighted by molar-refractivity contribution is -0.143. The third-order valence-corrected chi connectivity index (χ3v) is 3.65. The Labute approximate surface area is 125 Å². The standard InChI is InChI=1S/C14H14BrNO4/c1-2-20-11(17)7-4-8-16-12-9(13(18)14(16)19)5-3-6-10(12)15/h3,5-6H,2,4,7-8H2,1H3. The molecule has 1 aliphatic rings. The van der Waals surface area contributed by atoms with Gasteiger partial charge in [0.25, 0.3) is 11.7 Å². The molecule has 1 amide bonds. The maximum absolute atomic E-state index is 12.0. The van der Waals surface area contributed by atoms with Crippen LogP contribution in [0.25, 0.3) is 0 Å². The van der Waals surface area contributed by atoms with Crippen LogP contribution in [0.5, 0.6) is 0 Å². The first-order valence-corrected chi connectivity index (χ1v) is 7.16. The third-order valence-electron chi connectivity index (χ3n) is 3.01. The Morgan fingerprint density at radius 1 is 1.35 bits per heavy atom. The molecule has 1 aliphatic heterocycles. The van der Waals surface area contributed by atoms with Crippen LogP contribution in [0.15, 0.2) is 22.7 Å². The van der Waals surface area contributed by atoms with E-state index in [2.05, 4.69) is 15.9 Å². The first-order valence-electron chi connectivity index (χ1n) is 6.36. The van der Waals surface area contributed by atoms with E-state index in [1.807, 2.05) is 0 Å². The molecule has 0 atom stereocenters. The second-order valence-electron chi connectivity index (χ2n) is 4.33. The molecular formula is C14H14BrNO4. The maximum atomic E-state index is 12.0. The van der Waals surface area contributed by atoms with Crippen molar-refractivity contribution in [3.63, 3.8) is 0 Å². The fourth-order valence-corrected chi connectivity index (χ4v) is 2.72. The number of benzene rings is 1. The van der Waals surface area contributed by atoms with E-state index in [0.717, 1.165) is 0 Å². The van der Waals surface area contributed by atoms with Gasteiger partial charge in [-0.1, -0.05) is 6.07 Å². The maximum Gasteiger partial charge on any atom is 0.305 e. The van der Waals surface area contributed by atoms with Crippen LogP contribution in [0.1, 0.15) is 30.1 Å². The molecule has 106 valence electrons. The first-order chi connectivity index (χ1) is 9.56. The number of amides is 1. The van der Waals surface area contributed by atoms with Crippen molar-refractivity contribution in [3.8, 4) is 0 Å². The van der Waals surface area contributed by atoms with Gasteiger partial charge in [0.05, 0.1) is 17.9 Å². The summed E-state index contributed by atoms with van der Waals surface area (Å²) in [6.07, 6.45) is 0.685. The fourth-order valence-electron chi connectivity index (χ4n) is 2.14. The van der Waals surface area contributed by atoms with Crippen LogP contribution >= 0.6 is 15.9 Å². The molecule has 5 nitrogen and oxygen atoms in total. The summed E-state index contributed by atoms with van der Waals surface area (Å²) >= 11 is 3.35. The molecule has 0 aliphatic carbocycles. The minimum atomic E-state index is -0.546. The predicted octanol–water partition coefficient (Wildman–Crippen LogP) is 2.32. The van der Waals surface area contributed by atoms with E-state index in [1.54, 1.807) is 25.1 Å². The number of ketones is 1. The highest BCUT2D eigenvalue weighted by Gasteiger charge is 2.36. The minimum absolute atomic E-state index is 0.228. The Balaban J connectivity index is 2.08. The van der Waals surface area contributed by atoms with Crippen molar-refractivity contribution in [2.75, 3.05) is 18.1 Å². The lowest BCUT2D eigenvalue weighted by atomic mass is 10.1. The highest BCUT2D eigenvalue weighted by molar-refractivity contribution is 9.10. The Hall–Kier alpha value is -1.69. The topological polar surface area (TPSA) is 63.7 Å². The van der Waals surface area contributed by atoms with Crippen LogP contribution in [-0.4, -0.2) is 30.8 Å². The first kappa shape index (κ1) is 14.7. The summed E-state index contributed by atoms with van der Waals surface area (Å²) < 4.78 is 5.53. The lowest BCUT2D eigenvalue weighted by Gasteiger charge is -2.17. The molecule has 0 unspecified atom stereocenters. The quantitative estimate of drug-likeness (QED) is 0.610. The van der Waals surface area contributed by atoms with Gasteiger partial charge in [-0.2, -0.15) is 0 Å². The van der Waals surface area contributed by atoms with Gasteiger partial charge >= 0.3 is 5.97 Å². The number of ether oxygens (including phenoxy) is 1. The SMILES string of the molecule is CCOC(=O)CCCN1C(=O)C(=O)c2cccc(Br)c21. The largest absolute Gasteiger partial charge is 0.466 e. The molecule has 0 spiro atoms. The van der Waals surface area contributed by atoms with Gasteiger partial charge in [0, 0.05) is 17.4 Å². The summed E-state index contributed by atoms with van der Waals surface area (Å²) in [7, 11) is 0. The Morgan fingerprint density at radius 2 is 2.10 bits per heavy atom. The number of carbonyl (C=O) groups is 3. The zero-order valence-corrected chi connectivity index (χ0v) is 12.6. The molecule has 0 bridgehead atoms. The molecule has 20 heavy (non-hydrogen) atoms. The molecule has 0 fully saturated rings. The van der Waals surface area contributed by atoms with Gasteiger partial charge in [0.2, 0.25) is 0 Å². The van der Waals surface area contributed by atoms with Crippen molar-refractivity contribution >= 4 is 39.3 Å². The van der Waals surface area contributed by atoms with Gasteiger partial charge in [-0.15, -0.1) is 0 Å². The van der Waals surface area contributed by atoms with Crippen LogP contribution in [0.3, 0.4) is 0 Å². The second kappa shape index (κ2) is 6.17. The van der Waals surface area contributed by atoms with Crippen molar-refractivity contribution in [2.24, 2.45) is 0 Å². The van der Waals surface area contributed by atoms with Crippen molar-refractivity contribution in [1.82, 2.24) is 0 Å². The smallest absolute Gasteiger partial charge is 0.305 e. The average molecular weight is 340 g/mol. The number of anilines is 1. The van der Waals surface area contributed by atoms with Crippen LogP contribution in [-0.2, 0) is 14.3 Å². The van der Waals surface area contributed by atoms with Crippen LogP contribution in [0, 0.1) is 0 Å². The van der Waals surface area contributed by atoms with Gasteiger partial charge < -0.3 is 9.64 Å². The number of rotatable bonds is 5. The summed E-state index contributed by atoms with van der Waals surface area (Å²) in [6.45, 7) is 2.40. The molecule has 6 heteroatoms. The van der Waals surface area contributed by atoms with E-state index in [1.165, 1.54) is 4.90 Å². The van der Waals surface area contributed by atoms with E-state index >= 15 is 0 Å². The molecule has 0 saturated heterocycles. The number of hydrogen-bond acceptors (Lipinski definition) is 4. The monoisotopic (exact) mass is 339 g/mol. The highest BCUT2D eigenvalue weighted by Crippen LogP contribution is 2.35. The summed E-state index contributed by atoms with van der Waals surface area (Å²) in [6, 6.07) is 5.13. The van der Waals surface area contributed by atoms with Crippen molar-refractivity contribution in [1.29, 1.82) is 0 Å². The lowest BCUT2D eigenvalue weighted by Crippen LogP contribution is -2.31. The zero-order valence-electron chi connectivity index (χ0n) is 11.0. The third kappa shape index (κ3) is 2.75. The summed E-state index contributed by atoms with van der Waals surface area (Å²) in [5.74, 6) is -1.34. The normalized spacial score (nSPS) is 13.6. The molecule has 0 N–H and O–H groups in total. The summed E-state index contributed by atoms with van der Waals surface area (Å²) in [5, 5.41) is 0. The van der Waals surface area contributed by atoms with Crippen LogP contribution in [0.4, 0.5) is 5.69 Å². The molecular weight excluding hydrogens is 326 g/mol. The minimum Gasteiger partial charge on any atom is -0.466 e. The van der Waals surface area contributed by atoms with E-state index in [0.29, 0.717) is 35.3 Å². The molecule has 1 heterocycles. The number of Topliss-reactive ketones (excluding diaryl/α,β-unsaturated/α-hetero) is 1. The second-order valence-corrected chi connectivity index (χ2v) is 5.18. The van der Waals surface area contributed by atoms with Gasteiger partial charge in [-0.25, -0.2) is 0 Å². The van der Waals surface area contributed by atoms with Gasteiger partial charge in [-0.05, 0) is 41.4 Å². The van der Waals surface area contributed by atoms with Crippen LogP contribution in [0.2, 0.25) is 0 Å². The Morgan fingerprint density at radius 3 is 2.80 bits per heavy atom. The van der Waals surface area contributed by atoms with E-state index in [-0.39, 0.29) is 12.4 Å². The summed E-state index contributed by atoms with van der Waals surface area (Å²) in [4.78, 5) is 36.5. The molecule has 0 radical (unpaired) electrons. The van der Waals surface area contributed by atoms with E-state index in [4.69, 9.17) is 4.74 Å². The zero-order chi connectivity index (χ0) is 14.7. The Kier molecular flexibility index (Phi) is 4.54. The average Bonchev–Trinajstić information content (AvgIpc) is 2.66. The number of esters is 1. The van der Waals surface area contributed by atoms with Gasteiger partial charge in [0.1, 0.15) is 0 Å². The number of hydrogen-bond donors (Lipinski definition) is 0. The van der Waals surface area contributed by atoms with Gasteiger partial charge in [-0.3, -0.25) is 14.4 Å². The summed E-state index contributed by atoms with van der Waals surface area (Å²) in [5.41, 5.74) is 0.992. The molecule has 0 aromatic heterocycles. The number of nitrogens with zero attached hydrogens (tertiary/aromatic N) is 1. The van der Waals surface area contributed by atoms with Gasteiger partial charge in [0.15, 0.2) is 0 Å². The van der Waals surface area contributed by atoms with Crippen molar-refractivity contribution in [2.45, 2.75) is 19.8 Å². The highest BCUT2D eigenvalue weighted by atomic mass is 79.9. The van der Waals surface area contributed by atoms with E-state index in [9.17, 15) is 14.4 Å². The fraction of sp³-hybridized carbons (Fsp3) is 0.357. The predicted molar refractivity (Wildman–Crippen MR) is 76.7 cm³/mol. The Bertz CT molecular complexity index is 570. The molecule has 1 aromatic rings. The molecule has 1 aromatic carbocycles. The molecule has 2 rings (SSSR count). The molecule has 0 saturated carbocycles. The van der Waals surface area contributed by atoms with E-state index < -0.39 is 11.7 Å². The number of carbonyl (C=O) groups excluding carboxylic acids is 3.